The number of amides is 1. The van der Waals surface area contributed by atoms with Gasteiger partial charge in [0.05, 0.1) is 24.9 Å². The quantitative estimate of drug-likeness (QED) is 0.294. The average Bonchev–Trinajstić information content (AvgIpc) is 3.22. The van der Waals surface area contributed by atoms with Gasteiger partial charge in [-0.1, -0.05) is 81.8 Å². The van der Waals surface area contributed by atoms with E-state index in [0.717, 1.165) is 37.1 Å². The molecular formula is C30H35Cl2N4O4S+. The first kappa shape index (κ1) is 30.0. The summed E-state index contributed by atoms with van der Waals surface area (Å²) in [5.74, 6) is -0.493. The van der Waals surface area contributed by atoms with Crippen LogP contribution < -0.4 is 20.1 Å². The van der Waals surface area contributed by atoms with Crippen molar-refractivity contribution in [3.8, 4) is 0 Å². The number of fused-ring (bicyclic) bond motifs is 2. The Kier molecular flexibility index (Phi) is 9.06. The Morgan fingerprint density at radius 3 is 2.34 bits per heavy atom. The van der Waals surface area contributed by atoms with Gasteiger partial charge in [-0.05, 0) is 43.6 Å². The summed E-state index contributed by atoms with van der Waals surface area (Å²) in [6, 6.07) is 21.5. The molecule has 2 aliphatic heterocycles. The Morgan fingerprint density at radius 1 is 1.00 bits per heavy atom. The summed E-state index contributed by atoms with van der Waals surface area (Å²) >= 11 is 12.8. The first-order valence-corrected chi connectivity index (χ1v) is 16.2. The van der Waals surface area contributed by atoms with E-state index in [1.807, 2.05) is 54.6 Å². The van der Waals surface area contributed by atoms with Gasteiger partial charge in [-0.2, -0.15) is 13.8 Å². The lowest BCUT2D eigenvalue weighted by molar-refractivity contribution is -0.127. The maximum Gasteiger partial charge on any atom is 0.321 e. The molecule has 0 aromatic heterocycles. The zero-order chi connectivity index (χ0) is 29.1. The van der Waals surface area contributed by atoms with Gasteiger partial charge < -0.3 is 10.1 Å². The van der Waals surface area contributed by atoms with Gasteiger partial charge in [-0.3, -0.25) is 10.1 Å². The van der Waals surface area contributed by atoms with Crippen LogP contribution in [0.4, 0.5) is 5.69 Å². The molecule has 0 aliphatic carbocycles. The van der Waals surface area contributed by atoms with E-state index in [4.69, 9.17) is 27.9 Å². The van der Waals surface area contributed by atoms with Crippen molar-refractivity contribution in [3.05, 3.63) is 99.5 Å². The second kappa shape index (κ2) is 12.4. The second-order valence-electron chi connectivity index (χ2n) is 10.8. The van der Waals surface area contributed by atoms with Gasteiger partial charge in [0.15, 0.2) is 5.69 Å². The number of hydrogen-bond donors (Lipinski definition) is 3. The fraction of sp³-hybridized carbons (Fsp3) is 0.367. The van der Waals surface area contributed by atoms with Crippen molar-refractivity contribution >= 4 is 44.8 Å². The van der Waals surface area contributed by atoms with Crippen LogP contribution in [0.25, 0.3) is 0 Å². The van der Waals surface area contributed by atoms with Crippen LogP contribution in [-0.2, 0) is 38.1 Å². The van der Waals surface area contributed by atoms with Crippen LogP contribution in [0.2, 0.25) is 10.0 Å². The van der Waals surface area contributed by atoms with Gasteiger partial charge in [0.2, 0.25) is 0 Å². The number of rotatable bonds is 10. The molecule has 1 amide bonds. The standard InChI is InChI=1S/C30H34Cl2N4O4S/c1-41(38,39)36(21-30(14-16-33-17-15-30)24-10-5-6-13-28(24)36)35-29(37)27(20-40-19-22-8-3-2-4-9-22)34-18-23-25(31)11-7-12-26(23)32/h2-13,27,33-34H,14-21H2,1H3/p+1. The molecule has 8 nitrogen and oxygen atoms in total. The number of nitrogens with one attached hydrogen (secondary N) is 3. The van der Waals surface area contributed by atoms with Gasteiger partial charge in [0, 0.05) is 33.8 Å². The van der Waals surface area contributed by atoms with Crippen molar-refractivity contribution < 1.29 is 17.9 Å². The SMILES string of the molecule is CS(=O)(=O)[N+]1(NC(=O)C(COCc2ccccc2)NCc2c(Cl)cccc2Cl)CC2(CCNCC2)c2ccccc21. The molecule has 1 saturated heterocycles. The van der Waals surface area contributed by atoms with Crippen LogP contribution in [-0.4, -0.2) is 52.9 Å². The minimum atomic E-state index is -3.85. The Labute approximate surface area is 251 Å². The molecule has 11 heteroatoms. The fourth-order valence-electron chi connectivity index (χ4n) is 5.92. The van der Waals surface area contributed by atoms with Gasteiger partial charge in [-0.15, -0.1) is 0 Å². The largest absolute Gasteiger partial charge is 0.375 e. The lowest BCUT2D eigenvalue weighted by Crippen LogP contribution is -2.68. The summed E-state index contributed by atoms with van der Waals surface area (Å²) in [4.78, 5) is 14.1. The highest BCUT2D eigenvalue weighted by atomic mass is 35.5. The Morgan fingerprint density at radius 2 is 1.66 bits per heavy atom. The predicted octanol–water partition coefficient (Wildman–Crippen LogP) is 4.30. The van der Waals surface area contributed by atoms with Crippen molar-refractivity contribution in [2.24, 2.45) is 0 Å². The van der Waals surface area contributed by atoms with Crippen molar-refractivity contribution in [2.75, 3.05) is 32.5 Å². The van der Waals surface area contributed by atoms with Crippen LogP contribution in [0.1, 0.15) is 29.5 Å². The van der Waals surface area contributed by atoms with Crippen molar-refractivity contribution in [2.45, 2.75) is 37.5 Å². The van der Waals surface area contributed by atoms with Crippen LogP contribution >= 0.6 is 23.2 Å². The van der Waals surface area contributed by atoms with Crippen molar-refractivity contribution in [1.82, 2.24) is 20.1 Å². The first-order valence-electron chi connectivity index (χ1n) is 13.6. The van der Waals surface area contributed by atoms with Crippen molar-refractivity contribution in [1.29, 1.82) is 0 Å². The maximum atomic E-state index is 14.1. The molecule has 3 aromatic rings. The highest BCUT2D eigenvalue weighted by Gasteiger charge is 2.60. The van der Waals surface area contributed by atoms with Gasteiger partial charge in [0.25, 0.3) is 5.91 Å². The molecule has 3 N–H and O–H groups in total. The summed E-state index contributed by atoms with van der Waals surface area (Å²) in [6.07, 6.45) is 2.74. The summed E-state index contributed by atoms with van der Waals surface area (Å²) in [6.45, 7) is 2.28. The molecule has 2 heterocycles. The number of sulfonamides is 1. The van der Waals surface area contributed by atoms with Crippen molar-refractivity contribution in [3.63, 3.8) is 0 Å². The van der Waals surface area contributed by atoms with Gasteiger partial charge in [0.1, 0.15) is 12.6 Å². The Hall–Kier alpha value is -2.50. The maximum absolute atomic E-state index is 14.1. The Balaban J connectivity index is 1.44. The minimum absolute atomic E-state index is 0.00324. The summed E-state index contributed by atoms with van der Waals surface area (Å²) in [5.41, 5.74) is 5.75. The lowest BCUT2D eigenvalue weighted by Gasteiger charge is -2.36. The average molecular weight is 619 g/mol. The number of carbonyl (C=O) groups is 1. The minimum Gasteiger partial charge on any atom is -0.375 e. The smallest absolute Gasteiger partial charge is 0.321 e. The second-order valence-corrected chi connectivity index (χ2v) is 13.7. The summed E-state index contributed by atoms with van der Waals surface area (Å²) < 4.78 is 32.6. The molecule has 218 valence electrons. The zero-order valence-electron chi connectivity index (χ0n) is 22.9. The predicted molar refractivity (Wildman–Crippen MR) is 163 cm³/mol. The number of carbonyl (C=O) groups excluding carboxylic acids is 1. The number of piperidine rings is 1. The van der Waals surface area contributed by atoms with Crippen LogP contribution in [0.3, 0.4) is 0 Å². The molecule has 2 unspecified atom stereocenters. The lowest BCUT2D eigenvalue weighted by atomic mass is 9.75. The van der Waals surface area contributed by atoms with Gasteiger partial charge in [-0.25, -0.2) is 0 Å². The topological polar surface area (TPSA) is 96.5 Å². The fourth-order valence-corrected chi connectivity index (χ4v) is 7.71. The first-order chi connectivity index (χ1) is 19.7. The number of benzene rings is 3. The third-order valence-electron chi connectivity index (χ3n) is 8.11. The molecule has 2 atom stereocenters. The van der Waals surface area contributed by atoms with E-state index < -0.39 is 26.0 Å². The van der Waals surface area contributed by atoms with E-state index in [1.54, 1.807) is 18.2 Å². The highest BCUT2D eigenvalue weighted by Crippen LogP contribution is 2.50. The molecule has 3 aromatic carbocycles. The third kappa shape index (κ3) is 6.17. The molecule has 5 rings (SSSR count). The van der Waals surface area contributed by atoms with Crippen LogP contribution in [0.5, 0.6) is 0 Å². The number of nitrogens with zero attached hydrogens (tertiary/aromatic N) is 1. The molecule has 0 saturated carbocycles. The third-order valence-corrected chi connectivity index (χ3v) is 10.4. The zero-order valence-corrected chi connectivity index (χ0v) is 25.2. The van der Waals surface area contributed by atoms with E-state index in [1.165, 1.54) is 6.26 Å². The number of halogens is 2. The van der Waals surface area contributed by atoms with Crippen LogP contribution in [0, 0.1) is 0 Å². The highest BCUT2D eigenvalue weighted by molar-refractivity contribution is 7.90. The molecular weight excluding hydrogens is 583 g/mol. The van der Waals surface area contributed by atoms with E-state index in [9.17, 15) is 13.2 Å². The van der Waals surface area contributed by atoms with E-state index >= 15 is 0 Å². The number of para-hydroxylation sites is 1. The van der Waals surface area contributed by atoms with E-state index in [0.29, 0.717) is 27.9 Å². The molecule has 0 bridgehead atoms. The number of ether oxygens (including phenoxy) is 1. The molecule has 1 fully saturated rings. The molecule has 2 aliphatic rings. The summed E-state index contributed by atoms with van der Waals surface area (Å²) in [7, 11) is -3.85. The Bertz CT molecular complexity index is 1480. The molecule has 0 radical (unpaired) electrons. The van der Waals surface area contributed by atoms with E-state index in [-0.39, 0.29) is 25.1 Å². The van der Waals surface area contributed by atoms with Gasteiger partial charge >= 0.3 is 10.0 Å². The monoisotopic (exact) mass is 617 g/mol. The molecule has 41 heavy (non-hydrogen) atoms. The normalized spacial score (nSPS) is 20.5. The summed E-state index contributed by atoms with van der Waals surface area (Å²) in [5, 5.41) is 7.53. The van der Waals surface area contributed by atoms with Crippen LogP contribution in [0.15, 0.2) is 72.8 Å². The number of quaternary nitrogens is 1. The van der Waals surface area contributed by atoms with E-state index in [2.05, 4.69) is 16.1 Å². The number of hydrogen-bond acceptors (Lipinski definition) is 6. The molecule has 1 spiro atoms.